The number of carbonyl (C=O) groups excluding carboxylic acids is 2. The molecule has 0 N–H and O–H groups in total. The molecule has 0 spiro atoms. The van der Waals surface area contributed by atoms with Gasteiger partial charge in [-0.1, -0.05) is 42.0 Å². The first-order chi connectivity index (χ1) is 12.9. The summed E-state index contributed by atoms with van der Waals surface area (Å²) in [5.74, 6) is -0.426. The standard InChI is InChI=1S/C19H18N2O5S/c1-13-2-4-14(5-3-13)15-6-8-17(9-7-15)27(24,25)20-10-16(11-20)21-18(22)12-26-19(21)23/h2-9,16H,10-12H2,1H3. The average Bonchev–Trinajstić information content (AvgIpc) is 2.94. The molecular weight excluding hydrogens is 368 g/mol. The smallest absolute Gasteiger partial charge is 0.417 e. The molecule has 140 valence electrons. The fraction of sp³-hybridized carbons (Fsp3) is 0.263. The van der Waals surface area contributed by atoms with Gasteiger partial charge in [-0.25, -0.2) is 18.1 Å². The van der Waals surface area contributed by atoms with Crippen LogP contribution in [0.4, 0.5) is 4.79 Å². The molecule has 4 rings (SSSR count). The van der Waals surface area contributed by atoms with Gasteiger partial charge in [0.1, 0.15) is 0 Å². The van der Waals surface area contributed by atoms with Gasteiger partial charge in [0.05, 0.1) is 10.9 Å². The fourth-order valence-corrected chi connectivity index (χ4v) is 4.72. The third kappa shape index (κ3) is 3.11. The van der Waals surface area contributed by atoms with E-state index in [2.05, 4.69) is 4.74 Å². The number of rotatable bonds is 4. The highest BCUT2D eigenvalue weighted by atomic mass is 32.2. The highest BCUT2D eigenvalue weighted by Gasteiger charge is 2.46. The molecule has 2 heterocycles. The van der Waals surface area contributed by atoms with Gasteiger partial charge < -0.3 is 4.74 Å². The summed E-state index contributed by atoms with van der Waals surface area (Å²) in [6.07, 6.45) is -0.704. The number of cyclic esters (lactones) is 1. The van der Waals surface area contributed by atoms with Gasteiger partial charge in [-0.2, -0.15) is 4.31 Å². The minimum absolute atomic E-state index is 0.0862. The maximum atomic E-state index is 12.7. The van der Waals surface area contributed by atoms with E-state index in [1.165, 1.54) is 4.31 Å². The predicted molar refractivity (Wildman–Crippen MR) is 97.4 cm³/mol. The molecule has 27 heavy (non-hydrogen) atoms. The van der Waals surface area contributed by atoms with Crippen LogP contribution in [0.1, 0.15) is 5.56 Å². The second kappa shape index (κ2) is 6.47. The Morgan fingerprint density at radius 3 is 2.00 bits per heavy atom. The van der Waals surface area contributed by atoms with Crippen molar-refractivity contribution in [2.24, 2.45) is 0 Å². The lowest BCUT2D eigenvalue weighted by Gasteiger charge is -2.40. The van der Waals surface area contributed by atoms with E-state index in [9.17, 15) is 18.0 Å². The van der Waals surface area contributed by atoms with Crippen molar-refractivity contribution in [1.29, 1.82) is 0 Å². The summed E-state index contributed by atoms with van der Waals surface area (Å²) in [4.78, 5) is 24.4. The topological polar surface area (TPSA) is 84.0 Å². The van der Waals surface area contributed by atoms with Crippen molar-refractivity contribution in [3.05, 3.63) is 54.1 Å². The zero-order chi connectivity index (χ0) is 19.2. The number of ether oxygens (including phenoxy) is 1. The van der Waals surface area contributed by atoms with Gasteiger partial charge >= 0.3 is 6.09 Å². The number of nitrogens with zero attached hydrogens (tertiary/aromatic N) is 2. The molecule has 2 aromatic rings. The van der Waals surface area contributed by atoms with E-state index in [0.29, 0.717) is 0 Å². The summed E-state index contributed by atoms with van der Waals surface area (Å²) in [5, 5.41) is 0. The van der Waals surface area contributed by atoms with Crippen molar-refractivity contribution >= 4 is 22.0 Å². The molecule has 0 aliphatic carbocycles. The Labute approximate surface area is 157 Å². The van der Waals surface area contributed by atoms with Crippen LogP contribution in [0.3, 0.4) is 0 Å². The third-order valence-electron chi connectivity index (χ3n) is 4.86. The highest BCUT2D eigenvalue weighted by molar-refractivity contribution is 7.89. The maximum absolute atomic E-state index is 12.7. The van der Waals surface area contributed by atoms with Crippen LogP contribution in [0.5, 0.6) is 0 Å². The van der Waals surface area contributed by atoms with Crippen molar-refractivity contribution < 1.29 is 22.7 Å². The van der Waals surface area contributed by atoms with Crippen LogP contribution >= 0.6 is 0 Å². The molecule has 0 atom stereocenters. The molecule has 2 amide bonds. The number of amides is 2. The lowest BCUT2D eigenvalue weighted by atomic mass is 10.0. The number of sulfonamides is 1. The van der Waals surface area contributed by atoms with Gasteiger partial charge in [0.2, 0.25) is 10.0 Å². The summed E-state index contributed by atoms with van der Waals surface area (Å²) in [5.41, 5.74) is 3.10. The number of hydrogen-bond acceptors (Lipinski definition) is 5. The van der Waals surface area contributed by atoms with Crippen LogP contribution in [0.25, 0.3) is 11.1 Å². The Hall–Kier alpha value is -2.71. The number of hydrogen-bond donors (Lipinski definition) is 0. The minimum Gasteiger partial charge on any atom is -0.439 e. The van der Waals surface area contributed by atoms with Crippen molar-refractivity contribution in [2.75, 3.05) is 19.7 Å². The Kier molecular flexibility index (Phi) is 4.24. The lowest BCUT2D eigenvalue weighted by molar-refractivity contribution is -0.128. The second-order valence-electron chi connectivity index (χ2n) is 6.68. The van der Waals surface area contributed by atoms with E-state index < -0.39 is 28.1 Å². The Morgan fingerprint density at radius 1 is 0.926 bits per heavy atom. The molecule has 7 nitrogen and oxygen atoms in total. The van der Waals surface area contributed by atoms with Crippen molar-refractivity contribution in [3.63, 3.8) is 0 Å². The second-order valence-corrected chi connectivity index (χ2v) is 8.62. The first-order valence-electron chi connectivity index (χ1n) is 8.52. The van der Waals surface area contributed by atoms with Crippen LogP contribution < -0.4 is 0 Å². The molecule has 2 fully saturated rings. The van der Waals surface area contributed by atoms with E-state index in [1.807, 2.05) is 31.2 Å². The Bertz CT molecular complexity index is 977. The SMILES string of the molecule is Cc1ccc(-c2ccc(S(=O)(=O)N3CC(N4C(=O)COC4=O)C3)cc2)cc1. The molecule has 2 aliphatic heterocycles. The van der Waals surface area contributed by atoms with Gasteiger partial charge in [-0.15, -0.1) is 0 Å². The molecule has 8 heteroatoms. The number of aryl methyl sites for hydroxylation is 1. The maximum Gasteiger partial charge on any atom is 0.417 e. The third-order valence-corrected chi connectivity index (χ3v) is 6.70. The average molecular weight is 386 g/mol. The van der Waals surface area contributed by atoms with Gasteiger partial charge in [0.25, 0.3) is 5.91 Å². The summed E-state index contributed by atoms with van der Waals surface area (Å²) >= 11 is 0. The van der Waals surface area contributed by atoms with Crippen molar-refractivity contribution in [2.45, 2.75) is 17.9 Å². The largest absolute Gasteiger partial charge is 0.439 e. The summed E-state index contributed by atoms with van der Waals surface area (Å²) in [7, 11) is -3.66. The summed E-state index contributed by atoms with van der Waals surface area (Å²) < 4.78 is 31.4. The fourth-order valence-electron chi connectivity index (χ4n) is 3.21. The first-order valence-corrected chi connectivity index (χ1v) is 9.96. The highest BCUT2D eigenvalue weighted by Crippen LogP contribution is 2.28. The van der Waals surface area contributed by atoms with E-state index in [-0.39, 0.29) is 24.6 Å². The lowest BCUT2D eigenvalue weighted by Crippen LogP contribution is -2.62. The number of benzene rings is 2. The first kappa shape index (κ1) is 17.7. The van der Waals surface area contributed by atoms with E-state index in [4.69, 9.17) is 0 Å². The molecule has 0 unspecified atom stereocenters. The normalized spacial score (nSPS) is 18.5. The van der Waals surface area contributed by atoms with Crippen LogP contribution in [0.15, 0.2) is 53.4 Å². The molecule has 0 radical (unpaired) electrons. The summed E-state index contributed by atoms with van der Waals surface area (Å²) in [6, 6.07) is 14.2. The molecule has 2 aliphatic rings. The molecule has 0 aromatic heterocycles. The number of carbonyl (C=O) groups is 2. The van der Waals surface area contributed by atoms with E-state index in [1.54, 1.807) is 24.3 Å². The number of imide groups is 1. The van der Waals surface area contributed by atoms with Gasteiger partial charge in [0, 0.05) is 13.1 Å². The van der Waals surface area contributed by atoms with Gasteiger partial charge in [-0.3, -0.25) is 4.79 Å². The summed E-state index contributed by atoms with van der Waals surface area (Å²) in [6.45, 7) is 1.91. The molecule has 0 saturated carbocycles. The van der Waals surface area contributed by atoms with Crippen LogP contribution in [0.2, 0.25) is 0 Å². The Balaban J connectivity index is 1.47. The molecule has 0 bridgehead atoms. The quantitative estimate of drug-likeness (QED) is 0.803. The van der Waals surface area contributed by atoms with Gasteiger partial charge in [0.15, 0.2) is 6.61 Å². The van der Waals surface area contributed by atoms with E-state index >= 15 is 0 Å². The van der Waals surface area contributed by atoms with Crippen molar-refractivity contribution in [3.8, 4) is 11.1 Å². The van der Waals surface area contributed by atoms with Gasteiger partial charge in [-0.05, 0) is 30.2 Å². The predicted octanol–water partition coefficient (Wildman–Crippen LogP) is 2.01. The molecule has 2 aromatic carbocycles. The van der Waals surface area contributed by atoms with Crippen LogP contribution in [-0.2, 0) is 19.6 Å². The zero-order valence-corrected chi connectivity index (χ0v) is 15.5. The minimum atomic E-state index is -3.66. The monoisotopic (exact) mass is 386 g/mol. The zero-order valence-electron chi connectivity index (χ0n) is 14.7. The van der Waals surface area contributed by atoms with E-state index in [0.717, 1.165) is 21.6 Å². The molecular formula is C19H18N2O5S. The van der Waals surface area contributed by atoms with Crippen LogP contribution in [0, 0.1) is 6.92 Å². The molecule has 2 saturated heterocycles. The Morgan fingerprint density at radius 2 is 1.48 bits per heavy atom. The van der Waals surface area contributed by atoms with Crippen LogP contribution in [-0.4, -0.2) is 55.4 Å². The van der Waals surface area contributed by atoms with Crippen molar-refractivity contribution in [1.82, 2.24) is 9.21 Å².